The van der Waals surface area contributed by atoms with Crippen molar-refractivity contribution in [3.8, 4) is 11.8 Å². The van der Waals surface area contributed by atoms with Crippen molar-refractivity contribution < 1.29 is 4.79 Å². The number of nitriles is 1. The Bertz CT molecular complexity index is 1490. The molecule has 0 radical (unpaired) electrons. The van der Waals surface area contributed by atoms with Crippen LogP contribution in [0.1, 0.15) is 16.0 Å². The van der Waals surface area contributed by atoms with Crippen LogP contribution in [0, 0.1) is 25.2 Å². The fourth-order valence-electron chi connectivity index (χ4n) is 3.40. The lowest BCUT2D eigenvalue weighted by Gasteiger charge is -2.07. The topological polar surface area (TPSA) is 74.9 Å². The zero-order valence-corrected chi connectivity index (χ0v) is 19.1. The monoisotopic (exact) mass is 457 g/mol. The highest BCUT2D eigenvalue weighted by Crippen LogP contribution is 2.15. The molecule has 1 N–H and O–H groups in total. The first-order valence-corrected chi connectivity index (χ1v) is 11.5. The van der Waals surface area contributed by atoms with Crippen molar-refractivity contribution in [2.75, 3.05) is 5.32 Å². The lowest BCUT2D eigenvalue weighted by atomic mass is 10.1. The first kappa shape index (κ1) is 21.5. The fraction of sp³-hybridized carbons (Fsp3) is 0.0800. The first-order chi connectivity index (χ1) is 15.5. The summed E-state index contributed by atoms with van der Waals surface area (Å²) in [6.07, 6.45) is 1.79. The molecule has 4 aromatic rings. The molecule has 158 valence electrons. The summed E-state index contributed by atoms with van der Waals surface area (Å²) >= 11 is 2.65. The quantitative estimate of drug-likeness (QED) is 0.508. The summed E-state index contributed by atoms with van der Waals surface area (Å²) in [4.78, 5) is 27.3. The van der Waals surface area contributed by atoms with E-state index in [9.17, 15) is 14.9 Å². The zero-order chi connectivity index (χ0) is 22.7. The third-order valence-corrected chi connectivity index (χ3v) is 6.60. The molecule has 0 spiro atoms. The van der Waals surface area contributed by atoms with E-state index in [1.807, 2.05) is 73.8 Å². The maximum Gasteiger partial charge on any atom is 0.273 e. The van der Waals surface area contributed by atoms with Crippen LogP contribution in [0.3, 0.4) is 0 Å². The van der Waals surface area contributed by atoms with Crippen LogP contribution in [0.15, 0.2) is 70.8 Å². The van der Waals surface area contributed by atoms with Gasteiger partial charge in [0.1, 0.15) is 10.7 Å². The Labute approximate surface area is 192 Å². The second kappa shape index (κ2) is 9.18. The van der Waals surface area contributed by atoms with Crippen molar-refractivity contribution in [2.24, 2.45) is 0 Å². The van der Waals surface area contributed by atoms with Crippen molar-refractivity contribution in [1.82, 2.24) is 4.57 Å². The summed E-state index contributed by atoms with van der Waals surface area (Å²) in [6.45, 7) is 3.88. The maximum atomic E-state index is 13.3. The van der Waals surface area contributed by atoms with Gasteiger partial charge in [0.05, 0.1) is 10.2 Å². The summed E-state index contributed by atoms with van der Waals surface area (Å²) in [5.41, 5.74) is 2.84. The normalized spacial score (nSPS) is 12.3. The average molecular weight is 458 g/mol. The predicted octanol–water partition coefficient (Wildman–Crippen LogP) is 3.72. The van der Waals surface area contributed by atoms with Gasteiger partial charge < -0.3 is 5.32 Å². The van der Waals surface area contributed by atoms with Crippen molar-refractivity contribution >= 4 is 45.9 Å². The van der Waals surface area contributed by atoms with Gasteiger partial charge in [-0.15, -0.1) is 22.7 Å². The molecule has 0 saturated carbocycles. The third-order valence-electron chi connectivity index (χ3n) is 4.69. The lowest BCUT2D eigenvalue weighted by molar-refractivity contribution is -0.111. The molecular formula is C25H19N3O2S2. The van der Waals surface area contributed by atoms with E-state index in [2.05, 4.69) is 5.32 Å². The number of thiazole rings is 1. The average Bonchev–Trinajstić information content (AvgIpc) is 3.37. The number of thiophene rings is 1. The lowest BCUT2D eigenvalue weighted by Crippen LogP contribution is -2.32. The van der Waals surface area contributed by atoms with E-state index >= 15 is 0 Å². The Morgan fingerprint density at radius 1 is 1.06 bits per heavy atom. The number of hydrogen-bond acceptors (Lipinski definition) is 5. The summed E-state index contributed by atoms with van der Waals surface area (Å²) in [7, 11) is 0. The highest BCUT2D eigenvalue weighted by Gasteiger charge is 2.17. The molecule has 1 amide bonds. The van der Waals surface area contributed by atoms with E-state index < -0.39 is 5.91 Å². The Morgan fingerprint density at radius 2 is 1.78 bits per heavy atom. The molecule has 32 heavy (non-hydrogen) atoms. The van der Waals surface area contributed by atoms with Crippen LogP contribution in [-0.2, 0) is 4.79 Å². The minimum Gasteiger partial charge on any atom is -0.321 e. The second-order valence-corrected chi connectivity index (χ2v) is 9.23. The SMILES string of the molecule is Cc1cc(C)cc(NC(=O)/C(C#N)=c2/s/c(=C/c3cccs3)c(=O)n2-c2ccccc2)c1. The predicted molar refractivity (Wildman–Crippen MR) is 131 cm³/mol. The van der Waals surface area contributed by atoms with E-state index in [0.717, 1.165) is 27.3 Å². The molecule has 2 heterocycles. The molecule has 0 atom stereocenters. The van der Waals surface area contributed by atoms with Crippen LogP contribution in [0.4, 0.5) is 5.69 Å². The van der Waals surface area contributed by atoms with Crippen LogP contribution >= 0.6 is 22.7 Å². The molecular weight excluding hydrogens is 438 g/mol. The van der Waals surface area contributed by atoms with Crippen molar-refractivity contribution in [2.45, 2.75) is 13.8 Å². The van der Waals surface area contributed by atoms with Crippen LogP contribution in [0.5, 0.6) is 0 Å². The number of rotatable bonds is 4. The number of aryl methyl sites for hydroxylation is 2. The van der Waals surface area contributed by atoms with Gasteiger partial charge in [-0.3, -0.25) is 14.2 Å². The van der Waals surface area contributed by atoms with E-state index in [1.54, 1.807) is 18.2 Å². The minimum atomic E-state index is -0.550. The molecule has 0 fully saturated rings. The van der Waals surface area contributed by atoms with E-state index in [1.165, 1.54) is 15.9 Å². The van der Waals surface area contributed by atoms with Crippen LogP contribution in [0.25, 0.3) is 17.3 Å². The first-order valence-electron chi connectivity index (χ1n) is 9.83. The molecule has 2 aromatic carbocycles. The molecule has 0 saturated heterocycles. The number of anilines is 1. The van der Waals surface area contributed by atoms with Gasteiger partial charge in [0.2, 0.25) is 0 Å². The van der Waals surface area contributed by atoms with E-state index in [0.29, 0.717) is 20.6 Å². The fourth-order valence-corrected chi connectivity index (χ4v) is 5.22. The smallest absolute Gasteiger partial charge is 0.273 e. The van der Waals surface area contributed by atoms with Gasteiger partial charge >= 0.3 is 0 Å². The molecule has 4 rings (SSSR count). The van der Waals surface area contributed by atoms with Crippen LogP contribution in [0.2, 0.25) is 0 Å². The summed E-state index contributed by atoms with van der Waals surface area (Å²) in [5, 5.41) is 14.6. The molecule has 0 aliphatic rings. The standard InChI is InChI=1S/C25H19N3O2S2/c1-16-11-17(2)13-18(12-16)27-23(29)21(15-26)25-28(19-7-4-3-5-8-19)24(30)22(32-25)14-20-9-6-10-31-20/h3-14H,1-2H3,(H,27,29)/b22-14+,25-21+. The number of carbonyl (C=O) groups excluding carboxylic acids is 1. The molecule has 0 aliphatic heterocycles. The number of hydrogen-bond donors (Lipinski definition) is 1. The van der Waals surface area contributed by atoms with Gasteiger partial charge in [0, 0.05) is 10.6 Å². The van der Waals surface area contributed by atoms with Gasteiger partial charge in [-0.2, -0.15) is 5.26 Å². The highest BCUT2D eigenvalue weighted by molar-refractivity contribution is 7.11. The number of carbonyl (C=O) groups is 1. The molecule has 0 bridgehead atoms. The second-order valence-electron chi connectivity index (χ2n) is 7.22. The van der Waals surface area contributed by atoms with Crippen molar-refractivity contribution in [3.63, 3.8) is 0 Å². The molecule has 5 nitrogen and oxygen atoms in total. The Morgan fingerprint density at radius 3 is 2.41 bits per heavy atom. The largest absolute Gasteiger partial charge is 0.321 e. The number of nitrogens with one attached hydrogen (secondary N) is 1. The Kier molecular flexibility index (Phi) is 6.17. The van der Waals surface area contributed by atoms with Gasteiger partial charge in [0.25, 0.3) is 11.5 Å². The zero-order valence-electron chi connectivity index (χ0n) is 17.5. The molecule has 7 heteroatoms. The summed E-state index contributed by atoms with van der Waals surface area (Å²) < 4.78 is 2.19. The van der Waals surface area contributed by atoms with E-state index in [-0.39, 0.29) is 11.1 Å². The van der Waals surface area contributed by atoms with Crippen LogP contribution in [-0.4, -0.2) is 10.5 Å². The summed E-state index contributed by atoms with van der Waals surface area (Å²) in [5.74, 6) is -0.550. The number of benzene rings is 2. The van der Waals surface area contributed by atoms with Crippen LogP contribution < -0.4 is 20.1 Å². The van der Waals surface area contributed by atoms with E-state index in [4.69, 9.17) is 0 Å². The number of aromatic nitrogens is 1. The van der Waals surface area contributed by atoms with Gasteiger partial charge in [0.15, 0.2) is 5.57 Å². The number of para-hydroxylation sites is 1. The number of nitrogens with zero attached hydrogens (tertiary/aromatic N) is 2. The number of amides is 1. The highest BCUT2D eigenvalue weighted by atomic mass is 32.1. The minimum absolute atomic E-state index is 0.110. The Hall–Kier alpha value is -3.73. The molecule has 0 unspecified atom stereocenters. The molecule has 0 aliphatic carbocycles. The van der Waals surface area contributed by atoms with Gasteiger partial charge in [-0.05, 0) is 66.8 Å². The summed E-state index contributed by atoms with van der Waals surface area (Å²) in [6, 6.07) is 20.6. The van der Waals surface area contributed by atoms with Gasteiger partial charge in [-0.1, -0.05) is 30.3 Å². The molecule has 2 aromatic heterocycles. The van der Waals surface area contributed by atoms with Crippen molar-refractivity contribution in [3.05, 3.63) is 102 Å². The third kappa shape index (κ3) is 4.47. The van der Waals surface area contributed by atoms with Crippen molar-refractivity contribution in [1.29, 1.82) is 5.26 Å². The maximum absolute atomic E-state index is 13.3. The Balaban J connectivity index is 1.94. The van der Waals surface area contributed by atoms with Gasteiger partial charge in [-0.25, -0.2) is 0 Å².